The summed E-state index contributed by atoms with van der Waals surface area (Å²) in [5, 5.41) is 0. The Labute approximate surface area is 77.9 Å². The molecule has 0 aliphatic rings. The summed E-state index contributed by atoms with van der Waals surface area (Å²) in [6.07, 6.45) is 8.93. The van der Waals surface area contributed by atoms with Crippen LogP contribution in [0, 0.1) is 0 Å². The van der Waals surface area contributed by atoms with Gasteiger partial charge in [-0.15, -0.1) is 0 Å². The Morgan fingerprint density at radius 3 is 2.69 bits per heavy atom. The molecule has 0 aliphatic heterocycles. The number of aryl methyl sites for hydroxylation is 2. The van der Waals surface area contributed by atoms with Crippen LogP contribution < -0.4 is 0 Å². The molecule has 2 heteroatoms. The molecule has 13 heavy (non-hydrogen) atoms. The quantitative estimate of drug-likeness (QED) is 0.693. The second kappa shape index (κ2) is 3.90. The normalized spacial score (nSPS) is 10.2. The average Bonchev–Trinajstić information content (AvgIpc) is 2.69. The van der Waals surface area contributed by atoms with Gasteiger partial charge in [-0.2, -0.15) is 0 Å². The zero-order chi connectivity index (χ0) is 8.93. The molecule has 0 spiro atoms. The first-order valence-corrected chi connectivity index (χ1v) is 4.45. The van der Waals surface area contributed by atoms with E-state index in [2.05, 4.69) is 28.0 Å². The second-order valence-corrected chi connectivity index (χ2v) is 3.03. The highest BCUT2D eigenvalue weighted by molar-refractivity contribution is 5.08. The fourth-order valence-electron chi connectivity index (χ4n) is 1.32. The number of hydrogen-bond acceptors (Lipinski definition) is 1. The van der Waals surface area contributed by atoms with E-state index in [-0.39, 0.29) is 0 Å². The SMILES string of the molecule is c1cncc(CCn2cccc2)c1. The van der Waals surface area contributed by atoms with Crippen LogP contribution in [0.25, 0.3) is 0 Å². The molecule has 0 atom stereocenters. The lowest BCUT2D eigenvalue weighted by atomic mass is 10.2. The fourth-order valence-corrected chi connectivity index (χ4v) is 1.32. The molecule has 0 saturated heterocycles. The molecule has 66 valence electrons. The summed E-state index contributed by atoms with van der Waals surface area (Å²) in [5.74, 6) is 0. The number of pyridine rings is 1. The van der Waals surface area contributed by atoms with E-state index in [1.165, 1.54) is 5.56 Å². The molecular formula is C11H12N2. The minimum atomic E-state index is 1.03. The van der Waals surface area contributed by atoms with Crippen LogP contribution in [0.4, 0.5) is 0 Å². The monoisotopic (exact) mass is 172 g/mol. The van der Waals surface area contributed by atoms with E-state index in [1.54, 1.807) is 6.20 Å². The van der Waals surface area contributed by atoms with Crippen LogP contribution in [0.15, 0.2) is 49.1 Å². The van der Waals surface area contributed by atoms with E-state index in [4.69, 9.17) is 0 Å². The molecule has 2 nitrogen and oxygen atoms in total. The Hall–Kier alpha value is -1.57. The van der Waals surface area contributed by atoms with Gasteiger partial charge in [-0.05, 0) is 30.2 Å². The van der Waals surface area contributed by atoms with Crippen molar-refractivity contribution in [3.05, 3.63) is 54.6 Å². The average molecular weight is 172 g/mol. The predicted octanol–water partition coefficient (Wildman–Crippen LogP) is 2.13. The van der Waals surface area contributed by atoms with Crippen molar-refractivity contribution in [1.29, 1.82) is 0 Å². The largest absolute Gasteiger partial charge is 0.354 e. The van der Waals surface area contributed by atoms with Gasteiger partial charge in [-0.3, -0.25) is 4.98 Å². The lowest BCUT2D eigenvalue weighted by molar-refractivity contribution is 0.699. The molecule has 2 rings (SSSR count). The van der Waals surface area contributed by atoms with E-state index in [0.717, 1.165) is 13.0 Å². The maximum Gasteiger partial charge on any atom is 0.0300 e. The van der Waals surface area contributed by atoms with Crippen molar-refractivity contribution in [2.24, 2.45) is 0 Å². The number of aromatic nitrogens is 2. The summed E-state index contributed by atoms with van der Waals surface area (Å²) >= 11 is 0. The molecule has 0 aromatic carbocycles. The molecule has 0 unspecified atom stereocenters. The Morgan fingerprint density at radius 2 is 2.00 bits per heavy atom. The third-order valence-electron chi connectivity index (χ3n) is 2.05. The minimum absolute atomic E-state index is 1.03. The standard InChI is InChI=1S/C11H12N2/c1-2-8-13(7-1)9-5-11-4-3-6-12-10-11/h1-4,6-8,10H,5,9H2. The van der Waals surface area contributed by atoms with E-state index >= 15 is 0 Å². The Bertz CT molecular complexity index is 338. The highest BCUT2D eigenvalue weighted by atomic mass is 14.9. The van der Waals surface area contributed by atoms with Crippen LogP contribution >= 0.6 is 0 Å². The van der Waals surface area contributed by atoms with Crippen LogP contribution in [0.1, 0.15) is 5.56 Å². The summed E-state index contributed by atoms with van der Waals surface area (Å²) in [6, 6.07) is 8.17. The van der Waals surface area contributed by atoms with Gasteiger partial charge < -0.3 is 4.57 Å². The number of rotatable bonds is 3. The Kier molecular flexibility index (Phi) is 2.41. The molecule has 0 amide bonds. The van der Waals surface area contributed by atoms with Gasteiger partial charge in [0.05, 0.1) is 0 Å². The van der Waals surface area contributed by atoms with E-state index in [0.29, 0.717) is 0 Å². The summed E-state index contributed by atoms with van der Waals surface area (Å²) in [7, 11) is 0. The third-order valence-corrected chi connectivity index (χ3v) is 2.05. The van der Waals surface area contributed by atoms with Crippen molar-refractivity contribution in [2.75, 3.05) is 0 Å². The van der Waals surface area contributed by atoms with Crippen molar-refractivity contribution >= 4 is 0 Å². The topological polar surface area (TPSA) is 17.8 Å². The van der Waals surface area contributed by atoms with Gasteiger partial charge in [0.25, 0.3) is 0 Å². The maximum absolute atomic E-state index is 4.08. The molecule has 0 aliphatic carbocycles. The first kappa shape index (κ1) is 8.05. The molecule has 0 bridgehead atoms. The maximum atomic E-state index is 4.08. The van der Waals surface area contributed by atoms with Gasteiger partial charge in [0.1, 0.15) is 0 Å². The van der Waals surface area contributed by atoms with E-state index < -0.39 is 0 Å². The van der Waals surface area contributed by atoms with Crippen LogP contribution in [0.5, 0.6) is 0 Å². The fraction of sp³-hybridized carbons (Fsp3) is 0.182. The molecule has 0 saturated carbocycles. The van der Waals surface area contributed by atoms with Crippen molar-refractivity contribution in [1.82, 2.24) is 9.55 Å². The highest BCUT2D eigenvalue weighted by Crippen LogP contribution is 1.99. The van der Waals surface area contributed by atoms with Crippen molar-refractivity contribution in [2.45, 2.75) is 13.0 Å². The van der Waals surface area contributed by atoms with Crippen LogP contribution in [-0.2, 0) is 13.0 Å². The Balaban J connectivity index is 1.94. The molecule has 0 radical (unpaired) electrons. The lowest BCUT2D eigenvalue weighted by Crippen LogP contribution is -1.98. The first-order chi connectivity index (χ1) is 6.45. The molecule has 2 heterocycles. The third kappa shape index (κ3) is 2.18. The number of nitrogens with zero attached hydrogens (tertiary/aromatic N) is 2. The van der Waals surface area contributed by atoms with Crippen molar-refractivity contribution < 1.29 is 0 Å². The minimum Gasteiger partial charge on any atom is -0.354 e. The van der Waals surface area contributed by atoms with Gasteiger partial charge in [0, 0.05) is 31.3 Å². The summed E-state index contributed by atoms with van der Waals surface area (Å²) in [4.78, 5) is 4.08. The predicted molar refractivity (Wildman–Crippen MR) is 52.4 cm³/mol. The zero-order valence-electron chi connectivity index (χ0n) is 7.43. The Morgan fingerprint density at radius 1 is 1.15 bits per heavy atom. The van der Waals surface area contributed by atoms with Crippen LogP contribution in [0.2, 0.25) is 0 Å². The summed E-state index contributed by atoms with van der Waals surface area (Å²) < 4.78 is 2.17. The van der Waals surface area contributed by atoms with Gasteiger partial charge in [-0.25, -0.2) is 0 Å². The van der Waals surface area contributed by atoms with E-state index in [9.17, 15) is 0 Å². The second-order valence-electron chi connectivity index (χ2n) is 3.03. The van der Waals surface area contributed by atoms with Crippen LogP contribution in [0.3, 0.4) is 0 Å². The highest BCUT2D eigenvalue weighted by Gasteiger charge is 1.92. The summed E-state index contributed by atoms with van der Waals surface area (Å²) in [5.41, 5.74) is 1.29. The molecule has 2 aromatic heterocycles. The molecule has 0 N–H and O–H groups in total. The zero-order valence-corrected chi connectivity index (χ0v) is 7.43. The van der Waals surface area contributed by atoms with Gasteiger partial charge in [0.15, 0.2) is 0 Å². The van der Waals surface area contributed by atoms with E-state index in [1.807, 2.05) is 24.4 Å². The first-order valence-electron chi connectivity index (χ1n) is 4.45. The summed E-state index contributed by atoms with van der Waals surface area (Å²) in [6.45, 7) is 1.03. The van der Waals surface area contributed by atoms with Crippen molar-refractivity contribution in [3.8, 4) is 0 Å². The molecular weight excluding hydrogens is 160 g/mol. The smallest absolute Gasteiger partial charge is 0.0300 e. The number of hydrogen-bond donors (Lipinski definition) is 0. The molecule has 2 aromatic rings. The van der Waals surface area contributed by atoms with Crippen molar-refractivity contribution in [3.63, 3.8) is 0 Å². The van der Waals surface area contributed by atoms with Gasteiger partial charge in [-0.1, -0.05) is 6.07 Å². The lowest BCUT2D eigenvalue weighted by Gasteiger charge is -2.01. The van der Waals surface area contributed by atoms with Gasteiger partial charge in [0.2, 0.25) is 0 Å². The van der Waals surface area contributed by atoms with Gasteiger partial charge >= 0.3 is 0 Å². The molecule has 0 fully saturated rings. The van der Waals surface area contributed by atoms with Crippen LogP contribution in [-0.4, -0.2) is 9.55 Å².